The molecule has 3 N–H and O–H groups in total. The van der Waals surface area contributed by atoms with Gasteiger partial charge in [-0.25, -0.2) is 0 Å². The van der Waals surface area contributed by atoms with Gasteiger partial charge in [-0.3, -0.25) is 4.79 Å². The number of aryl methyl sites for hydroxylation is 1. The molecular formula is C14H12Cl2N2O. The summed E-state index contributed by atoms with van der Waals surface area (Å²) in [6.45, 7) is 1.88. The van der Waals surface area contributed by atoms with E-state index in [1.807, 2.05) is 19.1 Å². The van der Waals surface area contributed by atoms with Gasteiger partial charge in [0.05, 0.1) is 21.4 Å². The highest BCUT2D eigenvalue weighted by Crippen LogP contribution is 2.25. The Morgan fingerprint density at radius 2 is 1.89 bits per heavy atom. The number of nitrogen functional groups attached to an aromatic ring is 1. The van der Waals surface area contributed by atoms with Crippen molar-refractivity contribution >= 4 is 40.5 Å². The molecule has 0 spiro atoms. The lowest BCUT2D eigenvalue weighted by atomic mass is 10.1. The van der Waals surface area contributed by atoms with Crippen molar-refractivity contribution in [2.75, 3.05) is 11.1 Å². The summed E-state index contributed by atoms with van der Waals surface area (Å²) in [7, 11) is 0. The Bertz CT molecular complexity index is 621. The topological polar surface area (TPSA) is 55.1 Å². The number of anilines is 2. The molecule has 98 valence electrons. The molecule has 0 unspecified atom stereocenters. The molecule has 1 amide bonds. The highest BCUT2D eigenvalue weighted by atomic mass is 35.5. The van der Waals surface area contributed by atoms with Gasteiger partial charge in [0.1, 0.15) is 0 Å². The predicted molar refractivity (Wildman–Crippen MR) is 80.0 cm³/mol. The molecule has 0 fully saturated rings. The number of para-hydroxylation sites is 1. The zero-order valence-corrected chi connectivity index (χ0v) is 11.7. The Labute approximate surface area is 121 Å². The largest absolute Gasteiger partial charge is 0.397 e. The fraction of sp³-hybridized carbons (Fsp3) is 0.0714. The van der Waals surface area contributed by atoms with Crippen LogP contribution < -0.4 is 11.1 Å². The van der Waals surface area contributed by atoms with Crippen LogP contribution in [0, 0.1) is 6.92 Å². The Morgan fingerprint density at radius 1 is 1.16 bits per heavy atom. The van der Waals surface area contributed by atoms with E-state index in [4.69, 9.17) is 28.9 Å². The molecule has 0 radical (unpaired) electrons. The van der Waals surface area contributed by atoms with Crippen LogP contribution in [-0.4, -0.2) is 5.91 Å². The van der Waals surface area contributed by atoms with Gasteiger partial charge in [0.25, 0.3) is 5.91 Å². The first kappa shape index (κ1) is 13.7. The zero-order valence-electron chi connectivity index (χ0n) is 10.2. The third kappa shape index (κ3) is 3.00. The average molecular weight is 295 g/mol. The molecular weight excluding hydrogens is 283 g/mol. The molecule has 2 rings (SSSR count). The van der Waals surface area contributed by atoms with Crippen LogP contribution in [0.1, 0.15) is 15.9 Å². The summed E-state index contributed by atoms with van der Waals surface area (Å²) in [5.41, 5.74) is 8.30. The monoisotopic (exact) mass is 294 g/mol. The minimum absolute atomic E-state index is 0.278. The van der Waals surface area contributed by atoms with Crippen LogP contribution in [0.5, 0.6) is 0 Å². The number of hydrogen-bond acceptors (Lipinski definition) is 2. The SMILES string of the molecule is Cc1cccc(N)c1NC(=O)c1ccc(Cl)c(Cl)c1. The molecule has 2 aromatic carbocycles. The van der Waals surface area contributed by atoms with Crippen LogP contribution in [-0.2, 0) is 0 Å². The lowest BCUT2D eigenvalue weighted by molar-refractivity contribution is 0.102. The average Bonchev–Trinajstić information content (AvgIpc) is 2.37. The summed E-state index contributed by atoms with van der Waals surface area (Å²) >= 11 is 11.7. The number of nitrogens with two attached hydrogens (primary N) is 1. The molecule has 0 aromatic heterocycles. The number of carbonyl (C=O) groups is 1. The van der Waals surface area contributed by atoms with E-state index in [0.29, 0.717) is 27.0 Å². The fourth-order valence-corrected chi connectivity index (χ4v) is 1.98. The molecule has 0 saturated carbocycles. The van der Waals surface area contributed by atoms with Gasteiger partial charge in [-0.05, 0) is 36.8 Å². The molecule has 5 heteroatoms. The van der Waals surface area contributed by atoms with E-state index in [-0.39, 0.29) is 5.91 Å². The molecule has 2 aromatic rings. The van der Waals surface area contributed by atoms with Crippen LogP contribution in [0.3, 0.4) is 0 Å². The van der Waals surface area contributed by atoms with Crippen LogP contribution in [0.25, 0.3) is 0 Å². The smallest absolute Gasteiger partial charge is 0.255 e. The lowest BCUT2D eigenvalue weighted by Gasteiger charge is -2.11. The normalized spacial score (nSPS) is 10.3. The van der Waals surface area contributed by atoms with Crippen molar-refractivity contribution in [3.8, 4) is 0 Å². The first-order valence-corrected chi connectivity index (χ1v) is 6.36. The van der Waals surface area contributed by atoms with E-state index in [0.717, 1.165) is 5.56 Å². The van der Waals surface area contributed by atoms with Crippen LogP contribution >= 0.6 is 23.2 Å². The van der Waals surface area contributed by atoms with Gasteiger partial charge in [-0.2, -0.15) is 0 Å². The summed E-state index contributed by atoms with van der Waals surface area (Å²) in [4.78, 5) is 12.1. The Hall–Kier alpha value is -1.71. The maximum absolute atomic E-state index is 12.1. The number of hydrogen-bond donors (Lipinski definition) is 2. The van der Waals surface area contributed by atoms with Crippen LogP contribution in [0.4, 0.5) is 11.4 Å². The van der Waals surface area contributed by atoms with Gasteiger partial charge in [0.2, 0.25) is 0 Å². The van der Waals surface area contributed by atoms with Crippen molar-refractivity contribution in [3.05, 3.63) is 57.6 Å². The Balaban J connectivity index is 2.28. The summed E-state index contributed by atoms with van der Waals surface area (Å²) in [5.74, 6) is -0.278. The zero-order chi connectivity index (χ0) is 14.0. The van der Waals surface area contributed by atoms with Gasteiger partial charge in [0.15, 0.2) is 0 Å². The number of benzene rings is 2. The van der Waals surface area contributed by atoms with Gasteiger partial charge < -0.3 is 11.1 Å². The Morgan fingerprint density at radius 3 is 2.53 bits per heavy atom. The number of amides is 1. The van der Waals surface area contributed by atoms with Crippen LogP contribution in [0.2, 0.25) is 10.0 Å². The molecule has 0 aliphatic carbocycles. The summed E-state index contributed by atoms with van der Waals surface area (Å²) < 4.78 is 0. The minimum Gasteiger partial charge on any atom is -0.397 e. The lowest BCUT2D eigenvalue weighted by Crippen LogP contribution is -2.14. The molecule has 0 saturated heterocycles. The number of halogens is 2. The summed E-state index contributed by atoms with van der Waals surface area (Å²) in [6.07, 6.45) is 0. The van der Waals surface area contributed by atoms with E-state index in [9.17, 15) is 4.79 Å². The molecule has 3 nitrogen and oxygen atoms in total. The summed E-state index contributed by atoms with van der Waals surface area (Å²) in [6, 6.07) is 10.2. The highest BCUT2D eigenvalue weighted by Gasteiger charge is 2.11. The second kappa shape index (κ2) is 5.51. The molecule has 0 heterocycles. The molecule has 0 aliphatic rings. The first-order valence-electron chi connectivity index (χ1n) is 5.60. The summed E-state index contributed by atoms with van der Waals surface area (Å²) in [5, 5.41) is 3.53. The van der Waals surface area contributed by atoms with Crippen molar-refractivity contribution in [3.63, 3.8) is 0 Å². The van der Waals surface area contributed by atoms with Crippen molar-refractivity contribution in [2.24, 2.45) is 0 Å². The molecule has 0 bridgehead atoms. The number of rotatable bonds is 2. The van der Waals surface area contributed by atoms with Gasteiger partial charge in [-0.15, -0.1) is 0 Å². The van der Waals surface area contributed by atoms with E-state index in [1.165, 1.54) is 6.07 Å². The first-order chi connectivity index (χ1) is 8.99. The minimum atomic E-state index is -0.278. The standard InChI is InChI=1S/C14H12Cl2N2O/c1-8-3-2-4-12(17)13(8)18-14(19)9-5-6-10(15)11(16)7-9/h2-7H,17H2,1H3,(H,18,19). The van der Waals surface area contributed by atoms with Crippen molar-refractivity contribution in [2.45, 2.75) is 6.92 Å². The third-order valence-electron chi connectivity index (χ3n) is 2.73. The number of carbonyl (C=O) groups excluding carboxylic acids is 1. The maximum Gasteiger partial charge on any atom is 0.255 e. The van der Waals surface area contributed by atoms with Crippen molar-refractivity contribution in [1.82, 2.24) is 0 Å². The number of nitrogens with one attached hydrogen (secondary N) is 1. The molecule has 0 aliphatic heterocycles. The fourth-order valence-electron chi connectivity index (χ4n) is 1.68. The maximum atomic E-state index is 12.1. The van der Waals surface area contributed by atoms with E-state index >= 15 is 0 Å². The Kier molecular flexibility index (Phi) is 3.98. The van der Waals surface area contributed by atoms with Crippen LogP contribution in [0.15, 0.2) is 36.4 Å². The van der Waals surface area contributed by atoms with Gasteiger partial charge >= 0.3 is 0 Å². The van der Waals surface area contributed by atoms with E-state index in [1.54, 1.807) is 18.2 Å². The van der Waals surface area contributed by atoms with Gasteiger partial charge in [0, 0.05) is 5.56 Å². The van der Waals surface area contributed by atoms with E-state index in [2.05, 4.69) is 5.32 Å². The molecule has 0 atom stereocenters. The predicted octanol–water partition coefficient (Wildman–Crippen LogP) is 4.14. The highest BCUT2D eigenvalue weighted by molar-refractivity contribution is 6.42. The van der Waals surface area contributed by atoms with Crippen molar-refractivity contribution < 1.29 is 4.79 Å². The van der Waals surface area contributed by atoms with Gasteiger partial charge in [-0.1, -0.05) is 35.3 Å². The quantitative estimate of drug-likeness (QED) is 0.818. The van der Waals surface area contributed by atoms with E-state index < -0.39 is 0 Å². The second-order valence-electron chi connectivity index (χ2n) is 4.12. The molecule has 19 heavy (non-hydrogen) atoms. The van der Waals surface area contributed by atoms with Crippen molar-refractivity contribution in [1.29, 1.82) is 0 Å². The second-order valence-corrected chi connectivity index (χ2v) is 4.94. The third-order valence-corrected chi connectivity index (χ3v) is 3.46.